The van der Waals surface area contributed by atoms with Crippen LogP contribution in [0.15, 0.2) is 36.4 Å². The molecule has 1 aromatic heterocycles. The molecule has 1 aromatic carbocycles. The zero-order chi connectivity index (χ0) is 21.6. The second-order valence-corrected chi connectivity index (χ2v) is 8.87. The molecule has 4 rings (SSSR count). The third kappa shape index (κ3) is 5.97. The maximum absolute atomic E-state index is 12.0. The number of benzene rings is 1. The number of pyridine rings is 1. The summed E-state index contributed by atoms with van der Waals surface area (Å²) in [5.74, 6) is 0.844. The number of hydrogen-bond acceptors (Lipinski definition) is 6. The highest BCUT2D eigenvalue weighted by atomic mass is 35.5. The fourth-order valence-corrected chi connectivity index (χ4v) is 4.68. The minimum atomic E-state index is -0.223. The lowest BCUT2D eigenvalue weighted by Crippen LogP contribution is -2.37. The number of hydrogen-bond donors (Lipinski definition) is 2. The van der Waals surface area contributed by atoms with Crippen LogP contribution >= 0.6 is 11.6 Å². The van der Waals surface area contributed by atoms with Crippen LogP contribution in [0.1, 0.15) is 42.1 Å². The van der Waals surface area contributed by atoms with Gasteiger partial charge < -0.3 is 20.3 Å². The number of carbonyl (C=O) groups excluding carboxylic acids is 1. The molecule has 0 amide bonds. The number of aromatic nitrogens is 1. The molecule has 166 valence electrons. The fraction of sp³-hybridized carbons (Fsp3) is 0.500. The van der Waals surface area contributed by atoms with E-state index in [4.69, 9.17) is 21.3 Å². The third-order valence-corrected chi connectivity index (χ3v) is 6.43. The number of nitrogens with zero attached hydrogens (tertiary/aromatic N) is 2. The Morgan fingerprint density at radius 1 is 1.39 bits per heavy atom. The molecular weight excluding hydrogens is 412 g/mol. The summed E-state index contributed by atoms with van der Waals surface area (Å²) in [4.78, 5) is 19.2. The molecule has 2 aromatic rings. The van der Waals surface area contributed by atoms with Crippen LogP contribution in [0.3, 0.4) is 0 Å². The number of fused-ring (bicyclic) bond motifs is 1. The molecule has 0 bridgehead atoms. The molecule has 0 aliphatic carbocycles. The smallest absolute Gasteiger partial charge is 0.307 e. The molecule has 0 spiro atoms. The lowest BCUT2D eigenvalue weighted by molar-refractivity contribution is -0.141. The molecule has 1 saturated heterocycles. The molecule has 3 heterocycles. The van der Waals surface area contributed by atoms with Crippen molar-refractivity contribution < 1.29 is 9.53 Å². The summed E-state index contributed by atoms with van der Waals surface area (Å²) in [6.45, 7) is 4.01. The molecule has 7 heteroatoms. The Morgan fingerprint density at radius 2 is 2.29 bits per heavy atom. The van der Waals surface area contributed by atoms with E-state index in [9.17, 15) is 4.79 Å². The Kier molecular flexibility index (Phi) is 7.43. The van der Waals surface area contributed by atoms with Crippen LogP contribution in [0, 0.1) is 0 Å². The van der Waals surface area contributed by atoms with Crippen LogP contribution in [0.5, 0.6) is 0 Å². The second kappa shape index (κ2) is 10.4. The minimum absolute atomic E-state index is 0.107. The van der Waals surface area contributed by atoms with Crippen molar-refractivity contribution in [2.45, 2.75) is 44.2 Å². The number of likely N-dealkylation sites (tertiary alicyclic amines) is 1. The summed E-state index contributed by atoms with van der Waals surface area (Å²) in [6, 6.07) is 12.3. The van der Waals surface area contributed by atoms with Crippen molar-refractivity contribution in [2.24, 2.45) is 0 Å². The molecular formula is C24H31ClN4O2. The number of rotatable bonds is 8. The van der Waals surface area contributed by atoms with Gasteiger partial charge >= 0.3 is 5.97 Å². The first kappa shape index (κ1) is 22.1. The number of esters is 1. The normalized spacial score (nSPS) is 19.5. The minimum Gasteiger partial charge on any atom is -0.469 e. The van der Waals surface area contributed by atoms with Gasteiger partial charge in [0.25, 0.3) is 0 Å². The maximum Gasteiger partial charge on any atom is 0.307 e. The van der Waals surface area contributed by atoms with Crippen LogP contribution in [0.4, 0.5) is 5.82 Å². The van der Waals surface area contributed by atoms with E-state index in [-0.39, 0.29) is 12.0 Å². The molecule has 1 unspecified atom stereocenters. The molecule has 6 nitrogen and oxygen atoms in total. The topological polar surface area (TPSA) is 66.5 Å². The number of halogens is 1. The largest absolute Gasteiger partial charge is 0.469 e. The summed E-state index contributed by atoms with van der Waals surface area (Å²) in [5.41, 5.74) is 3.49. The molecule has 0 radical (unpaired) electrons. The lowest BCUT2D eigenvalue weighted by Gasteiger charge is -2.23. The van der Waals surface area contributed by atoms with Crippen molar-refractivity contribution in [3.63, 3.8) is 0 Å². The lowest BCUT2D eigenvalue weighted by atomic mass is 10.0. The molecule has 1 fully saturated rings. The molecule has 2 N–H and O–H groups in total. The molecule has 2 atom stereocenters. The highest BCUT2D eigenvalue weighted by Gasteiger charge is 2.26. The quantitative estimate of drug-likeness (QED) is 0.609. The molecule has 2 aliphatic heterocycles. The first-order chi connectivity index (χ1) is 15.1. The van der Waals surface area contributed by atoms with E-state index < -0.39 is 0 Å². The first-order valence-electron chi connectivity index (χ1n) is 11.1. The molecule has 2 aliphatic rings. The number of nitrogens with one attached hydrogen (secondary N) is 2. The van der Waals surface area contributed by atoms with E-state index in [1.54, 1.807) is 0 Å². The van der Waals surface area contributed by atoms with Crippen LogP contribution in [-0.2, 0) is 22.4 Å². The summed E-state index contributed by atoms with van der Waals surface area (Å²) in [6.07, 6.45) is 4.59. The summed E-state index contributed by atoms with van der Waals surface area (Å²) in [5, 5.41) is 7.76. The van der Waals surface area contributed by atoms with Crippen molar-refractivity contribution in [3.8, 4) is 0 Å². The molecule has 0 saturated carbocycles. The Bertz CT molecular complexity index is 907. The van der Waals surface area contributed by atoms with E-state index in [1.807, 2.05) is 24.3 Å². The van der Waals surface area contributed by atoms with Crippen LogP contribution in [0.2, 0.25) is 5.02 Å². The van der Waals surface area contributed by atoms with Gasteiger partial charge in [-0.1, -0.05) is 29.8 Å². The number of aryl methyl sites for hydroxylation is 1. The van der Waals surface area contributed by atoms with E-state index in [1.165, 1.54) is 19.1 Å². The average molecular weight is 443 g/mol. The maximum atomic E-state index is 12.0. The molecule has 31 heavy (non-hydrogen) atoms. The predicted octanol–water partition coefficient (Wildman–Crippen LogP) is 3.60. The van der Waals surface area contributed by atoms with Gasteiger partial charge in [0.15, 0.2) is 0 Å². The van der Waals surface area contributed by atoms with Crippen LogP contribution < -0.4 is 10.6 Å². The van der Waals surface area contributed by atoms with Crippen molar-refractivity contribution >= 4 is 23.4 Å². The standard InChI is InChI=1S/C24H31ClN4O2/c1-31-23(30)15-22(18-4-2-6-19(25)14-18)27-21-10-13-29(16-21)12-9-20-8-7-17-5-3-11-26-24(17)28-20/h2,4,6-8,14,21-22,27H,3,5,9-13,15-16H2,1H3,(H,26,28)/t21-,22?/m1/s1. The fourth-order valence-electron chi connectivity index (χ4n) is 4.48. The van der Waals surface area contributed by atoms with Crippen molar-refractivity contribution in [3.05, 3.63) is 58.2 Å². The number of anilines is 1. The summed E-state index contributed by atoms with van der Waals surface area (Å²) < 4.78 is 4.91. The van der Waals surface area contributed by atoms with Gasteiger partial charge in [-0.2, -0.15) is 0 Å². The third-order valence-electron chi connectivity index (χ3n) is 6.19. The van der Waals surface area contributed by atoms with Crippen molar-refractivity contribution in [2.75, 3.05) is 38.6 Å². The van der Waals surface area contributed by atoms with E-state index >= 15 is 0 Å². The van der Waals surface area contributed by atoms with Gasteiger partial charge in [-0.3, -0.25) is 4.79 Å². The van der Waals surface area contributed by atoms with E-state index in [0.29, 0.717) is 17.5 Å². The second-order valence-electron chi connectivity index (χ2n) is 8.43. The van der Waals surface area contributed by atoms with Gasteiger partial charge in [0, 0.05) is 48.9 Å². The zero-order valence-corrected chi connectivity index (χ0v) is 18.8. The predicted molar refractivity (Wildman–Crippen MR) is 124 cm³/mol. The van der Waals surface area contributed by atoms with Crippen molar-refractivity contribution in [1.29, 1.82) is 0 Å². The highest BCUT2D eigenvalue weighted by Crippen LogP contribution is 2.24. The van der Waals surface area contributed by atoms with Crippen LogP contribution in [0.25, 0.3) is 0 Å². The number of ether oxygens (including phenoxy) is 1. The van der Waals surface area contributed by atoms with Gasteiger partial charge in [-0.15, -0.1) is 0 Å². The Labute approximate surface area is 189 Å². The highest BCUT2D eigenvalue weighted by molar-refractivity contribution is 6.30. The van der Waals surface area contributed by atoms with Gasteiger partial charge in [0.2, 0.25) is 0 Å². The SMILES string of the molecule is COC(=O)CC(N[C@@H]1CCN(CCc2ccc3c(n2)NCCC3)C1)c1cccc(Cl)c1. The van der Waals surface area contributed by atoms with Crippen LogP contribution in [-0.4, -0.2) is 55.2 Å². The van der Waals surface area contributed by atoms with Gasteiger partial charge in [-0.25, -0.2) is 4.98 Å². The van der Waals surface area contributed by atoms with E-state index in [0.717, 1.165) is 62.5 Å². The van der Waals surface area contributed by atoms with E-state index in [2.05, 4.69) is 27.7 Å². The first-order valence-corrected chi connectivity index (χ1v) is 11.5. The van der Waals surface area contributed by atoms with Gasteiger partial charge in [0.05, 0.1) is 13.5 Å². The number of carbonyl (C=O) groups is 1. The summed E-state index contributed by atoms with van der Waals surface area (Å²) >= 11 is 6.18. The van der Waals surface area contributed by atoms with Gasteiger partial charge in [0.1, 0.15) is 5.82 Å². The van der Waals surface area contributed by atoms with Gasteiger partial charge in [-0.05, 0) is 55.1 Å². The summed E-state index contributed by atoms with van der Waals surface area (Å²) in [7, 11) is 1.43. The zero-order valence-electron chi connectivity index (χ0n) is 18.1. The Balaban J connectivity index is 1.32. The monoisotopic (exact) mass is 442 g/mol. The van der Waals surface area contributed by atoms with Crippen molar-refractivity contribution in [1.82, 2.24) is 15.2 Å². The average Bonchev–Trinajstić information content (AvgIpc) is 3.24. The Hall–Kier alpha value is -2.15. The number of methoxy groups -OCH3 is 1. The Morgan fingerprint density at radius 3 is 3.13 bits per heavy atom.